The first kappa shape index (κ1) is 12.7. The molecule has 4 nitrogen and oxygen atoms in total. The Bertz CT molecular complexity index is 408. The molecule has 1 aliphatic rings. The van der Waals surface area contributed by atoms with Gasteiger partial charge in [-0.25, -0.2) is 4.79 Å². The molecule has 1 aromatic rings. The van der Waals surface area contributed by atoms with Crippen molar-refractivity contribution in [2.45, 2.75) is 44.2 Å². The lowest BCUT2D eigenvalue weighted by molar-refractivity contribution is -0.0226. The van der Waals surface area contributed by atoms with Gasteiger partial charge in [0.1, 0.15) is 0 Å². The highest BCUT2D eigenvalue weighted by atomic mass is 16.6. The van der Waals surface area contributed by atoms with Crippen LogP contribution in [-0.4, -0.2) is 11.7 Å². The van der Waals surface area contributed by atoms with Crippen LogP contribution in [0.2, 0.25) is 0 Å². The number of esters is 1. The molecule has 4 heteroatoms. The molecule has 0 amide bonds. The molecule has 0 unspecified atom stereocenters. The Morgan fingerprint density at radius 1 is 1.06 bits per heavy atom. The van der Waals surface area contributed by atoms with Crippen molar-refractivity contribution >= 4 is 5.97 Å². The van der Waals surface area contributed by atoms with Crippen molar-refractivity contribution in [2.75, 3.05) is 0 Å². The van der Waals surface area contributed by atoms with E-state index in [9.17, 15) is 9.70 Å². The second kappa shape index (κ2) is 5.76. The SMILES string of the molecule is O=NC1(OC(=O)c2ccccc2)CCCCCC1. The minimum Gasteiger partial charge on any atom is -0.430 e. The van der Waals surface area contributed by atoms with Crippen LogP contribution in [0.25, 0.3) is 0 Å². The molecule has 1 aromatic carbocycles. The van der Waals surface area contributed by atoms with Gasteiger partial charge in [0.15, 0.2) is 0 Å². The molecular weight excluding hydrogens is 230 g/mol. The number of nitrogens with zero attached hydrogens (tertiary/aromatic N) is 1. The van der Waals surface area contributed by atoms with Gasteiger partial charge in [0, 0.05) is 12.8 Å². The molecular formula is C14H17NO3. The molecule has 0 aliphatic heterocycles. The second-order valence-corrected chi connectivity index (χ2v) is 4.71. The quantitative estimate of drug-likeness (QED) is 0.465. The van der Waals surface area contributed by atoms with E-state index in [1.54, 1.807) is 24.3 Å². The predicted octanol–water partition coefficient (Wildman–Crippen LogP) is 3.66. The van der Waals surface area contributed by atoms with E-state index in [1.165, 1.54) is 0 Å². The normalized spacial score (nSPS) is 18.7. The molecule has 0 heterocycles. The van der Waals surface area contributed by atoms with E-state index in [-0.39, 0.29) is 0 Å². The third-order valence-corrected chi connectivity index (χ3v) is 3.34. The van der Waals surface area contributed by atoms with Crippen molar-refractivity contribution in [3.05, 3.63) is 40.8 Å². The topological polar surface area (TPSA) is 55.7 Å². The highest BCUT2D eigenvalue weighted by Crippen LogP contribution is 2.32. The maximum atomic E-state index is 12.0. The molecule has 0 atom stereocenters. The number of rotatable bonds is 3. The summed E-state index contributed by atoms with van der Waals surface area (Å²) in [6.07, 6.45) is 4.98. The molecule has 18 heavy (non-hydrogen) atoms. The fourth-order valence-corrected chi connectivity index (χ4v) is 2.30. The largest absolute Gasteiger partial charge is 0.430 e. The van der Waals surface area contributed by atoms with Crippen LogP contribution in [-0.2, 0) is 4.74 Å². The number of ether oxygens (including phenoxy) is 1. The minimum absolute atomic E-state index is 0.461. The average molecular weight is 247 g/mol. The van der Waals surface area contributed by atoms with Gasteiger partial charge in [-0.05, 0) is 30.2 Å². The van der Waals surface area contributed by atoms with Crippen molar-refractivity contribution in [1.82, 2.24) is 0 Å². The maximum Gasteiger partial charge on any atom is 0.340 e. The summed E-state index contributed by atoms with van der Waals surface area (Å²) in [5.74, 6) is -0.461. The van der Waals surface area contributed by atoms with Crippen LogP contribution in [0.15, 0.2) is 35.5 Å². The number of hydrogen-bond acceptors (Lipinski definition) is 4. The molecule has 0 radical (unpaired) electrons. The lowest BCUT2D eigenvalue weighted by Crippen LogP contribution is -2.32. The second-order valence-electron chi connectivity index (χ2n) is 4.71. The van der Waals surface area contributed by atoms with Crippen molar-refractivity contribution in [1.29, 1.82) is 0 Å². The van der Waals surface area contributed by atoms with Gasteiger partial charge >= 0.3 is 5.97 Å². The Morgan fingerprint density at radius 2 is 1.67 bits per heavy atom. The van der Waals surface area contributed by atoms with Gasteiger partial charge in [-0.3, -0.25) is 0 Å². The number of carbonyl (C=O) groups excluding carboxylic acids is 1. The summed E-state index contributed by atoms with van der Waals surface area (Å²) in [4.78, 5) is 23.0. The monoisotopic (exact) mass is 247 g/mol. The third-order valence-electron chi connectivity index (χ3n) is 3.34. The van der Waals surface area contributed by atoms with E-state index in [2.05, 4.69) is 5.18 Å². The maximum absolute atomic E-state index is 12.0. The van der Waals surface area contributed by atoms with Crippen molar-refractivity contribution < 1.29 is 9.53 Å². The first-order valence-electron chi connectivity index (χ1n) is 6.39. The number of benzene rings is 1. The minimum atomic E-state index is -1.15. The van der Waals surface area contributed by atoms with Gasteiger partial charge < -0.3 is 4.74 Å². The van der Waals surface area contributed by atoms with Crippen LogP contribution in [0.1, 0.15) is 48.9 Å². The fourth-order valence-electron chi connectivity index (χ4n) is 2.30. The van der Waals surface area contributed by atoms with E-state index < -0.39 is 11.7 Å². The average Bonchev–Trinajstić information content (AvgIpc) is 2.66. The third kappa shape index (κ3) is 2.94. The van der Waals surface area contributed by atoms with Gasteiger partial charge in [-0.15, -0.1) is 4.91 Å². The van der Waals surface area contributed by atoms with Crippen molar-refractivity contribution in [3.63, 3.8) is 0 Å². The molecule has 96 valence electrons. The predicted molar refractivity (Wildman–Crippen MR) is 68.1 cm³/mol. The van der Waals surface area contributed by atoms with E-state index in [0.717, 1.165) is 25.7 Å². The van der Waals surface area contributed by atoms with E-state index in [4.69, 9.17) is 4.74 Å². The molecule has 0 spiro atoms. The summed E-state index contributed by atoms with van der Waals surface area (Å²) in [6.45, 7) is 0. The summed E-state index contributed by atoms with van der Waals surface area (Å²) in [6, 6.07) is 8.72. The zero-order valence-electron chi connectivity index (χ0n) is 10.3. The first-order valence-corrected chi connectivity index (χ1v) is 6.39. The number of carbonyl (C=O) groups is 1. The van der Waals surface area contributed by atoms with E-state index in [1.807, 2.05) is 6.07 Å². The van der Waals surface area contributed by atoms with Gasteiger partial charge in [0.05, 0.1) is 5.56 Å². The molecule has 1 saturated carbocycles. The molecule has 0 saturated heterocycles. The standard InChI is InChI=1S/C14H17NO3/c16-13(12-8-4-3-5-9-12)18-14(15-17)10-6-1-2-7-11-14/h3-5,8-9H,1-2,6-7,10-11H2. The van der Waals surface area contributed by atoms with E-state index >= 15 is 0 Å². The number of hydrogen-bond donors (Lipinski definition) is 0. The number of nitroso groups, excluding NO2 is 1. The highest BCUT2D eigenvalue weighted by Gasteiger charge is 2.36. The Morgan fingerprint density at radius 3 is 2.22 bits per heavy atom. The lowest BCUT2D eigenvalue weighted by atomic mass is 10.1. The molecule has 0 bridgehead atoms. The summed E-state index contributed by atoms with van der Waals surface area (Å²) < 4.78 is 5.38. The molecule has 0 N–H and O–H groups in total. The van der Waals surface area contributed by atoms with Crippen LogP contribution in [0, 0.1) is 4.91 Å². The zero-order valence-corrected chi connectivity index (χ0v) is 10.3. The van der Waals surface area contributed by atoms with Crippen molar-refractivity contribution in [2.24, 2.45) is 5.18 Å². The molecule has 2 rings (SSSR count). The summed E-state index contributed by atoms with van der Waals surface area (Å²) in [7, 11) is 0. The Kier molecular flexibility index (Phi) is 4.07. The Balaban J connectivity index is 2.10. The van der Waals surface area contributed by atoms with Crippen LogP contribution in [0.3, 0.4) is 0 Å². The van der Waals surface area contributed by atoms with Gasteiger partial charge in [0.2, 0.25) is 5.72 Å². The summed E-state index contributed by atoms with van der Waals surface area (Å²) in [5.41, 5.74) is -0.687. The fraction of sp³-hybridized carbons (Fsp3) is 0.500. The Hall–Kier alpha value is -1.71. The summed E-state index contributed by atoms with van der Waals surface area (Å²) in [5, 5.41) is 3.11. The van der Waals surface area contributed by atoms with E-state index in [0.29, 0.717) is 18.4 Å². The molecule has 1 aliphatic carbocycles. The highest BCUT2D eigenvalue weighted by molar-refractivity contribution is 5.89. The molecule has 1 fully saturated rings. The smallest absolute Gasteiger partial charge is 0.340 e. The van der Waals surface area contributed by atoms with Gasteiger partial charge in [-0.2, -0.15) is 0 Å². The van der Waals surface area contributed by atoms with Crippen LogP contribution in [0.5, 0.6) is 0 Å². The molecule has 0 aromatic heterocycles. The summed E-state index contributed by atoms with van der Waals surface area (Å²) >= 11 is 0. The first-order chi connectivity index (χ1) is 8.76. The van der Waals surface area contributed by atoms with Crippen LogP contribution < -0.4 is 0 Å². The van der Waals surface area contributed by atoms with Crippen molar-refractivity contribution in [3.8, 4) is 0 Å². The Labute approximate surface area is 106 Å². The van der Waals surface area contributed by atoms with Gasteiger partial charge in [-0.1, -0.05) is 31.0 Å². The van der Waals surface area contributed by atoms with Crippen LogP contribution in [0.4, 0.5) is 0 Å². The zero-order chi connectivity index (χ0) is 12.8. The van der Waals surface area contributed by atoms with Gasteiger partial charge in [0.25, 0.3) is 0 Å². The lowest BCUT2D eigenvalue weighted by Gasteiger charge is -2.24. The van der Waals surface area contributed by atoms with Crippen LogP contribution >= 0.6 is 0 Å².